The summed E-state index contributed by atoms with van der Waals surface area (Å²) in [6.45, 7) is 8.08. The van der Waals surface area contributed by atoms with E-state index < -0.39 is 8.07 Å². The molecule has 0 aliphatic rings. The number of hydrogen-bond donors (Lipinski definition) is 0. The molecule has 2 aromatic carbocycles. The van der Waals surface area contributed by atoms with E-state index in [1.165, 1.54) is 24.3 Å². The molecule has 0 fully saturated rings. The van der Waals surface area contributed by atoms with Crippen molar-refractivity contribution in [2.75, 3.05) is 12.5 Å². The van der Waals surface area contributed by atoms with Gasteiger partial charge in [0.15, 0.2) is 0 Å². The van der Waals surface area contributed by atoms with E-state index in [2.05, 4.69) is 59.0 Å². The minimum atomic E-state index is -1.87. The van der Waals surface area contributed by atoms with Gasteiger partial charge in [-0.3, -0.25) is 0 Å². The smallest absolute Gasteiger partial charge is 0.141 e. The van der Waals surface area contributed by atoms with Crippen molar-refractivity contribution in [3.05, 3.63) is 54.2 Å². The first-order valence-corrected chi connectivity index (χ1v) is 13.9. The summed E-state index contributed by atoms with van der Waals surface area (Å²) in [5.74, 6) is 1.01. The van der Waals surface area contributed by atoms with Gasteiger partial charge in [0.1, 0.15) is 31.2 Å². The van der Waals surface area contributed by atoms with Gasteiger partial charge >= 0.3 is 0 Å². The molecule has 0 bridgehead atoms. The topological polar surface area (TPSA) is 18.5 Å². The normalized spacial score (nSPS) is 11.6. The third kappa shape index (κ3) is 5.78. The molecule has 0 unspecified atom stereocenters. The summed E-state index contributed by atoms with van der Waals surface area (Å²) >= 11 is 4.22. The number of halogens is 4. The summed E-state index contributed by atoms with van der Waals surface area (Å²) in [7, 11) is -1.87. The highest BCUT2D eigenvalue weighted by atomic mass is 127. The highest BCUT2D eigenvalue weighted by molar-refractivity contribution is 14.1. The van der Waals surface area contributed by atoms with Gasteiger partial charge in [0.2, 0.25) is 0 Å². The van der Waals surface area contributed by atoms with Crippen LogP contribution in [0.3, 0.4) is 0 Å². The zero-order valence-corrected chi connectivity index (χ0v) is 21.3. The van der Waals surface area contributed by atoms with Crippen molar-refractivity contribution in [1.82, 2.24) is 0 Å². The van der Waals surface area contributed by atoms with Gasteiger partial charge in [-0.25, -0.2) is 8.78 Å². The molecule has 0 N–H and O–H groups in total. The molecule has 2 rings (SSSR count). The molecule has 148 valence electrons. The van der Waals surface area contributed by atoms with Gasteiger partial charge in [-0.1, -0.05) is 25.9 Å². The Kier molecular flexibility index (Phi) is 8.35. The maximum absolute atomic E-state index is 13.5. The molecule has 0 radical (unpaired) electrons. The molecule has 0 aliphatic carbocycles. The van der Waals surface area contributed by atoms with Crippen LogP contribution in [0.25, 0.3) is 0 Å². The van der Waals surface area contributed by atoms with Gasteiger partial charge in [-0.05, 0) is 94.4 Å². The fourth-order valence-corrected chi connectivity index (χ4v) is 6.95. The molecule has 7 heteroatoms. The molecule has 2 nitrogen and oxygen atoms in total. The molecular formula is C20H24F2I2O2Si. The highest BCUT2D eigenvalue weighted by Gasteiger charge is 2.33. The van der Waals surface area contributed by atoms with Gasteiger partial charge in [0, 0.05) is 0 Å². The second-order valence-electron chi connectivity index (χ2n) is 6.85. The average molecular weight is 616 g/mol. The molecule has 0 spiro atoms. The lowest BCUT2D eigenvalue weighted by Gasteiger charge is -2.30. The largest absolute Gasteiger partial charge is 0.496 e. The van der Waals surface area contributed by atoms with Crippen molar-refractivity contribution in [2.45, 2.75) is 39.8 Å². The zero-order chi connectivity index (χ0) is 20.2. The van der Waals surface area contributed by atoms with Crippen molar-refractivity contribution < 1.29 is 18.3 Å². The SMILES string of the molecule is CC[Si](CC)(COc1c(C)cc(F)cc1I)COc1c(C)cc(F)cc1I. The van der Waals surface area contributed by atoms with E-state index in [-0.39, 0.29) is 11.6 Å². The van der Waals surface area contributed by atoms with Crippen LogP contribution in [0.15, 0.2) is 24.3 Å². The van der Waals surface area contributed by atoms with Crippen LogP contribution in [-0.4, -0.2) is 20.5 Å². The molecule has 0 saturated carbocycles. The van der Waals surface area contributed by atoms with Crippen LogP contribution in [0.4, 0.5) is 8.78 Å². The van der Waals surface area contributed by atoms with E-state index in [1.807, 2.05) is 13.8 Å². The maximum atomic E-state index is 13.5. The van der Waals surface area contributed by atoms with Crippen molar-refractivity contribution in [2.24, 2.45) is 0 Å². The fourth-order valence-electron chi connectivity index (χ4n) is 2.89. The van der Waals surface area contributed by atoms with Gasteiger partial charge in [-0.15, -0.1) is 0 Å². The van der Waals surface area contributed by atoms with Crippen LogP contribution in [0, 0.1) is 32.6 Å². The van der Waals surface area contributed by atoms with E-state index in [4.69, 9.17) is 9.47 Å². The van der Waals surface area contributed by atoms with Crippen molar-refractivity contribution in [3.8, 4) is 11.5 Å². The summed E-state index contributed by atoms with van der Waals surface area (Å²) < 4.78 is 41.0. The molecule has 0 atom stereocenters. The monoisotopic (exact) mass is 616 g/mol. The molecule has 0 amide bonds. The van der Waals surface area contributed by atoms with Crippen LogP contribution in [-0.2, 0) is 0 Å². The van der Waals surface area contributed by atoms with E-state index in [1.54, 1.807) is 0 Å². The van der Waals surface area contributed by atoms with Crippen molar-refractivity contribution in [3.63, 3.8) is 0 Å². The molecule has 0 saturated heterocycles. The Labute approximate surface area is 188 Å². The van der Waals surface area contributed by atoms with E-state index >= 15 is 0 Å². The Balaban J connectivity index is 2.16. The first-order chi connectivity index (χ1) is 12.7. The Morgan fingerprint density at radius 1 is 0.778 bits per heavy atom. The lowest BCUT2D eigenvalue weighted by Crippen LogP contribution is -2.47. The molecule has 0 heterocycles. The number of hydrogen-bond acceptors (Lipinski definition) is 2. The van der Waals surface area contributed by atoms with Crippen LogP contribution in [0.5, 0.6) is 11.5 Å². The summed E-state index contributed by atoms with van der Waals surface area (Å²) in [4.78, 5) is 0. The van der Waals surface area contributed by atoms with Gasteiger partial charge in [0.05, 0.1) is 19.6 Å². The molecule has 0 aromatic heterocycles. The van der Waals surface area contributed by atoms with Crippen LogP contribution in [0.2, 0.25) is 12.1 Å². The number of ether oxygens (including phenoxy) is 2. The first kappa shape index (κ1) is 22.9. The average Bonchev–Trinajstić information content (AvgIpc) is 2.58. The Morgan fingerprint density at radius 2 is 1.15 bits per heavy atom. The minimum absolute atomic E-state index is 0.247. The lowest BCUT2D eigenvalue weighted by molar-refractivity contribution is 0.335. The number of aryl methyl sites for hydroxylation is 2. The predicted molar refractivity (Wildman–Crippen MR) is 125 cm³/mol. The molecule has 2 aromatic rings. The zero-order valence-electron chi connectivity index (χ0n) is 16.0. The van der Waals surface area contributed by atoms with E-state index in [9.17, 15) is 8.78 Å². The first-order valence-electron chi connectivity index (χ1n) is 8.88. The van der Waals surface area contributed by atoms with E-state index in [0.29, 0.717) is 12.5 Å². The second kappa shape index (κ2) is 9.86. The second-order valence-corrected chi connectivity index (χ2v) is 14.2. The van der Waals surface area contributed by atoms with Gasteiger partial charge in [-0.2, -0.15) is 0 Å². The standard InChI is InChI=1S/C20H24F2I2O2Si/c1-5-27(6-2,11-25-19-13(3)7-15(21)9-17(19)23)12-26-20-14(4)8-16(22)10-18(20)24/h7-10H,5-6,11-12H2,1-4H3. The van der Waals surface area contributed by atoms with Crippen LogP contribution >= 0.6 is 45.2 Å². The summed E-state index contributed by atoms with van der Waals surface area (Å²) in [5.41, 5.74) is 1.61. The molecular weight excluding hydrogens is 592 g/mol. The number of rotatable bonds is 8. The summed E-state index contributed by atoms with van der Waals surface area (Å²) in [6, 6.07) is 8.00. The minimum Gasteiger partial charge on any atom is -0.496 e. The van der Waals surface area contributed by atoms with Crippen molar-refractivity contribution >= 4 is 53.3 Å². The third-order valence-corrected chi connectivity index (χ3v) is 11.0. The third-order valence-electron chi connectivity index (χ3n) is 4.93. The Hall–Kier alpha value is -0.423. The van der Waals surface area contributed by atoms with Gasteiger partial charge in [0.25, 0.3) is 0 Å². The predicted octanol–water partition coefficient (Wildman–Crippen LogP) is 6.82. The Morgan fingerprint density at radius 3 is 1.44 bits per heavy atom. The quantitative estimate of drug-likeness (QED) is 0.240. The van der Waals surface area contributed by atoms with Crippen LogP contribution < -0.4 is 9.47 Å². The summed E-state index contributed by atoms with van der Waals surface area (Å²) in [5, 5.41) is 0. The number of benzene rings is 2. The van der Waals surface area contributed by atoms with E-state index in [0.717, 1.165) is 41.9 Å². The van der Waals surface area contributed by atoms with Gasteiger partial charge < -0.3 is 9.47 Å². The highest BCUT2D eigenvalue weighted by Crippen LogP contribution is 2.30. The molecule has 0 aliphatic heterocycles. The van der Waals surface area contributed by atoms with Crippen LogP contribution in [0.1, 0.15) is 25.0 Å². The fraction of sp³-hybridized carbons (Fsp3) is 0.400. The summed E-state index contributed by atoms with van der Waals surface area (Å²) in [6.07, 6.45) is 1.22. The lowest BCUT2D eigenvalue weighted by atomic mass is 10.2. The molecule has 27 heavy (non-hydrogen) atoms. The Bertz CT molecular complexity index is 701. The maximum Gasteiger partial charge on any atom is 0.141 e. The van der Waals surface area contributed by atoms with Crippen molar-refractivity contribution in [1.29, 1.82) is 0 Å².